The van der Waals surface area contributed by atoms with Gasteiger partial charge in [-0.15, -0.1) is 0 Å². The van der Waals surface area contributed by atoms with Crippen molar-refractivity contribution in [1.82, 2.24) is 0 Å². The van der Waals surface area contributed by atoms with Crippen LogP contribution in [0.4, 0.5) is 5.69 Å². The molecule has 126 valence electrons. The largest absolute Gasteiger partial charge is 0.455 e. The summed E-state index contributed by atoms with van der Waals surface area (Å²) in [5.41, 5.74) is 6.04. The van der Waals surface area contributed by atoms with Crippen molar-refractivity contribution in [3.63, 3.8) is 0 Å². The summed E-state index contributed by atoms with van der Waals surface area (Å²) in [6.45, 7) is 7.67. The minimum atomic E-state index is -0.408. The Labute approximate surface area is 142 Å². The second-order valence-electron chi connectivity index (χ2n) is 6.05. The monoisotopic (exact) mass is 325 g/mol. The van der Waals surface area contributed by atoms with Gasteiger partial charge in [-0.05, 0) is 61.6 Å². The van der Waals surface area contributed by atoms with Gasteiger partial charge in [0.15, 0.2) is 6.61 Å². The molecular formula is C20H23NO3. The number of rotatable bonds is 5. The summed E-state index contributed by atoms with van der Waals surface area (Å²) >= 11 is 0. The lowest BCUT2D eigenvalue weighted by molar-refractivity contribution is -0.146. The van der Waals surface area contributed by atoms with E-state index in [4.69, 9.17) is 4.74 Å². The van der Waals surface area contributed by atoms with Crippen LogP contribution >= 0.6 is 0 Å². The molecule has 2 aromatic carbocycles. The zero-order chi connectivity index (χ0) is 17.7. The molecule has 0 saturated carbocycles. The van der Waals surface area contributed by atoms with Crippen molar-refractivity contribution in [2.24, 2.45) is 0 Å². The number of carbonyl (C=O) groups excluding carboxylic acids is 2. The molecule has 0 heterocycles. The molecule has 4 heteroatoms. The maximum Gasteiger partial charge on any atom is 0.310 e. The van der Waals surface area contributed by atoms with Crippen molar-refractivity contribution < 1.29 is 14.3 Å². The topological polar surface area (TPSA) is 55.4 Å². The van der Waals surface area contributed by atoms with Crippen LogP contribution in [0, 0.1) is 27.7 Å². The second-order valence-corrected chi connectivity index (χ2v) is 6.05. The highest BCUT2D eigenvalue weighted by Crippen LogP contribution is 2.17. The molecule has 0 saturated heterocycles. The number of hydrogen-bond acceptors (Lipinski definition) is 3. The normalized spacial score (nSPS) is 10.3. The molecule has 4 nitrogen and oxygen atoms in total. The van der Waals surface area contributed by atoms with E-state index in [0.717, 1.165) is 27.9 Å². The SMILES string of the molecule is Cc1ccc(CC(=O)OCC(=O)Nc2cccc(C)c2C)cc1C. The van der Waals surface area contributed by atoms with E-state index >= 15 is 0 Å². The minimum absolute atomic E-state index is 0.165. The number of esters is 1. The Morgan fingerprint density at radius 3 is 2.42 bits per heavy atom. The van der Waals surface area contributed by atoms with Crippen LogP contribution in [0.1, 0.15) is 27.8 Å². The minimum Gasteiger partial charge on any atom is -0.455 e. The van der Waals surface area contributed by atoms with E-state index in [1.165, 1.54) is 5.56 Å². The highest BCUT2D eigenvalue weighted by atomic mass is 16.5. The lowest BCUT2D eigenvalue weighted by Crippen LogP contribution is -2.22. The van der Waals surface area contributed by atoms with Gasteiger partial charge >= 0.3 is 5.97 Å². The summed E-state index contributed by atoms with van der Waals surface area (Å²) in [6, 6.07) is 11.5. The summed E-state index contributed by atoms with van der Waals surface area (Å²) in [5, 5.41) is 2.77. The van der Waals surface area contributed by atoms with Crippen molar-refractivity contribution in [3.8, 4) is 0 Å². The van der Waals surface area contributed by atoms with Gasteiger partial charge in [0, 0.05) is 5.69 Å². The van der Waals surface area contributed by atoms with Crippen molar-refractivity contribution in [2.75, 3.05) is 11.9 Å². The summed E-state index contributed by atoms with van der Waals surface area (Å²) < 4.78 is 5.07. The number of aryl methyl sites for hydroxylation is 3. The first kappa shape index (κ1) is 17.7. The Bertz CT molecular complexity index is 765. The van der Waals surface area contributed by atoms with Gasteiger partial charge in [-0.25, -0.2) is 0 Å². The first-order chi connectivity index (χ1) is 11.4. The number of amides is 1. The van der Waals surface area contributed by atoms with Gasteiger partial charge in [-0.3, -0.25) is 9.59 Å². The molecule has 0 aromatic heterocycles. The molecule has 0 fully saturated rings. The van der Waals surface area contributed by atoms with Crippen LogP contribution in [0.3, 0.4) is 0 Å². The van der Waals surface area contributed by atoms with Gasteiger partial charge in [0.2, 0.25) is 0 Å². The van der Waals surface area contributed by atoms with Crippen molar-refractivity contribution in [3.05, 3.63) is 64.2 Å². The fourth-order valence-electron chi connectivity index (χ4n) is 2.35. The number of nitrogens with one attached hydrogen (secondary N) is 1. The second kappa shape index (κ2) is 7.77. The molecule has 2 rings (SSSR count). The van der Waals surface area contributed by atoms with Gasteiger partial charge < -0.3 is 10.1 Å². The smallest absolute Gasteiger partial charge is 0.310 e. The molecule has 0 bridgehead atoms. The Morgan fingerprint density at radius 1 is 0.958 bits per heavy atom. The van der Waals surface area contributed by atoms with E-state index in [9.17, 15) is 9.59 Å². The van der Waals surface area contributed by atoms with Crippen molar-refractivity contribution in [2.45, 2.75) is 34.1 Å². The molecule has 2 aromatic rings. The molecule has 0 atom stereocenters. The molecule has 1 N–H and O–H groups in total. The zero-order valence-electron chi connectivity index (χ0n) is 14.6. The van der Waals surface area contributed by atoms with Crippen LogP contribution < -0.4 is 5.32 Å². The molecule has 0 radical (unpaired) electrons. The van der Waals surface area contributed by atoms with Crippen molar-refractivity contribution in [1.29, 1.82) is 0 Å². The van der Waals surface area contributed by atoms with Gasteiger partial charge in [0.05, 0.1) is 6.42 Å². The Kier molecular flexibility index (Phi) is 5.74. The standard InChI is InChI=1S/C20H23NO3/c1-13-8-9-17(10-15(13)3)11-20(23)24-12-19(22)21-18-7-5-6-14(2)16(18)4/h5-10H,11-12H2,1-4H3,(H,21,22). The van der Waals surface area contributed by atoms with Crippen LogP contribution in [0.15, 0.2) is 36.4 Å². The molecule has 1 amide bonds. The molecular weight excluding hydrogens is 302 g/mol. The summed E-state index contributed by atoms with van der Waals surface area (Å²) in [5.74, 6) is -0.744. The Balaban J connectivity index is 1.86. The zero-order valence-corrected chi connectivity index (χ0v) is 14.6. The average Bonchev–Trinajstić information content (AvgIpc) is 2.53. The lowest BCUT2D eigenvalue weighted by atomic mass is 10.0. The molecule has 0 spiro atoms. The van der Waals surface area contributed by atoms with E-state index in [1.54, 1.807) is 0 Å². The van der Waals surface area contributed by atoms with Gasteiger partial charge in [-0.1, -0.05) is 30.3 Å². The molecule has 24 heavy (non-hydrogen) atoms. The van der Waals surface area contributed by atoms with Gasteiger partial charge in [0.25, 0.3) is 5.91 Å². The predicted octanol–water partition coefficient (Wildman–Crippen LogP) is 3.64. The summed E-state index contributed by atoms with van der Waals surface area (Å²) in [4.78, 5) is 23.8. The van der Waals surface area contributed by atoms with Crippen molar-refractivity contribution >= 4 is 17.6 Å². The average molecular weight is 325 g/mol. The number of carbonyl (C=O) groups is 2. The van der Waals surface area contributed by atoms with Crippen LogP contribution in [0.2, 0.25) is 0 Å². The highest BCUT2D eigenvalue weighted by molar-refractivity contribution is 5.93. The number of hydrogen-bond donors (Lipinski definition) is 1. The summed E-state index contributed by atoms with van der Waals surface area (Å²) in [6.07, 6.45) is 0.165. The quantitative estimate of drug-likeness (QED) is 0.854. The van der Waals surface area contributed by atoms with Crippen LogP contribution in [0.5, 0.6) is 0 Å². The fourth-order valence-corrected chi connectivity index (χ4v) is 2.35. The van der Waals surface area contributed by atoms with Crippen LogP contribution in [-0.2, 0) is 20.7 Å². The van der Waals surface area contributed by atoms with Gasteiger partial charge in [0.1, 0.15) is 0 Å². The van der Waals surface area contributed by atoms with Crippen LogP contribution in [-0.4, -0.2) is 18.5 Å². The van der Waals surface area contributed by atoms with Crippen LogP contribution in [0.25, 0.3) is 0 Å². The molecule has 0 aliphatic heterocycles. The summed E-state index contributed by atoms with van der Waals surface area (Å²) in [7, 11) is 0. The van der Waals surface area contributed by atoms with Gasteiger partial charge in [-0.2, -0.15) is 0 Å². The highest BCUT2D eigenvalue weighted by Gasteiger charge is 2.10. The van der Waals surface area contributed by atoms with E-state index in [2.05, 4.69) is 5.32 Å². The third kappa shape index (κ3) is 4.69. The molecule has 0 unspecified atom stereocenters. The third-order valence-corrected chi connectivity index (χ3v) is 4.16. The van der Waals surface area contributed by atoms with E-state index in [1.807, 2.05) is 64.1 Å². The fraction of sp³-hybridized carbons (Fsp3) is 0.300. The van der Waals surface area contributed by atoms with E-state index in [-0.39, 0.29) is 18.9 Å². The first-order valence-corrected chi connectivity index (χ1v) is 7.94. The Morgan fingerprint density at radius 2 is 1.71 bits per heavy atom. The maximum atomic E-state index is 11.9. The predicted molar refractivity (Wildman–Crippen MR) is 95.1 cm³/mol. The van der Waals surface area contributed by atoms with E-state index in [0.29, 0.717) is 0 Å². The maximum absolute atomic E-state index is 11.9. The third-order valence-electron chi connectivity index (χ3n) is 4.16. The lowest BCUT2D eigenvalue weighted by Gasteiger charge is -2.11. The molecule has 0 aliphatic carbocycles. The first-order valence-electron chi connectivity index (χ1n) is 7.94. The number of benzene rings is 2. The number of ether oxygens (including phenoxy) is 1. The number of anilines is 1. The van der Waals surface area contributed by atoms with E-state index < -0.39 is 5.97 Å². The Hall–Kier alpha value is -2.62. The molecule has 0 aliphatic rings.